The van der Waals surface area contributed by atoms with E-state index in [0.29, 0.717) is 30.2 Å². The summed E-state index contributed by atoms with van der Waals surface area (Å²) < 4.78 is 44.5. The lowest BCUT2D eigenvalue weighted by Crippen LogP contribution is -2.36. The second kappa shape index (κ2) is 7.41. The number of nitrogens with two attached hydrogens (primary N) is 1. The molecule has 2 heterocycles. The minimum Gasteiger partial charge on any atom is -0.396 e. The summed E-state index contributed by atoms with van der Waals surface area (Å²) in [7, 11) is 0. The zero-order valence-electron chi connectivity index (χ0n) is 14.4. The number of benzene rings is 1. The maximum Gasteiger partial charge on any atom is 0.416 e. The first-order valence-electron chi connectivity index (χ1n) is 8.34. The van der Waals surface area contributed by atoms with E-state index >= 15 is 0 Å². The highest BCUT2D eigenvalue weighted by Gasteiger charge is 2.32. The van der Waals surface area contributed by atoms with Crippen LogP contribution in [0.25, 0.3) is 0 Å². The van der Waals surface area contributed by atoms with E-state index in [4.69, 9.17) is 10.5 Å². The molecule has 1 aromatic carbocycles. The number of halogens is 3. The molecule has 3 N–H and O–H groups in total. The smallest absolute Gasteiger partial charge is 0.396 e. The van der Waals surface area contributed by atoms with Gasteiger partial charge in [-0.25, -0.2) is 4.98 Å². The van der Waals surface area contributed by atoms with Gasteiger partial charge < -0.3 is 20.7 Å². The summed E-state index contributed by atoms with van der Waals surface area (Å²) in [5, 5.41) is 3.14. The number of alkyl halides is 3. The average Bonchev–Trinajstić information content (AvgIpc) is 2.62. The van der Waals surface area contributed by atoms with E-state index in [2.05, 4.69) is 15.2 Å². The van der Waals surface area contributed by atoms with Crippen LogP contribution in [0, 0.1) is 6.92 Å². The van der Waals surface area contributed by atoms with Gasteiger partial charge in [0.15, 0.2) is 0 Å². The molecule has 26 heavy (non-hydrogen) atoms. The van der Waals surface area contributed by atoms with E-state index < -0.39 is 11.7 Å². The van der Waals surface area contributed by atoms with Crippen LogP contribution in [0.3, 0.4) is 0 Å². The summed E-state index contributed by atoms with van der Waals surface area (Å²) in [5.74, 6) is 0.769. The van der Waals surface area contributed by atoms with Gasteiger partial charge in [-0.05, 0) is 24.1 Å². The van der Waals surface area contributed by atoms with Crippen LogP contribution in [0.5, 0.6) is 0 Å². The number of pyridine rings is 1. The molecule has 2 aromatic rings. The van der Waals surface area contributed by atoms with Crippen molar-refractivity contribution in [1.29, 1.82) is 0 Å². The van der Waals surface area contributed by atoms with Crippen LogP contribution in [0.4, 0.5) is 30.4 Å². The average molecular weight is 366 g/mol. The maximum absolute atomic E-state index is 13.1. The lowest BCUT2D eigenvalue weighted by molar-refractivity contribution is -0.138. The standard InChI is InChI=1S/C18H21F3N4O/c1-12-13(3-2-4-14(12)18(19,20)21)10-23-16-9-17(24-11-15(16)22)25-5-7-26-8-6-25/h2-4,9,11H,5-8,10,22H2,1H3,(H,23,24). The molecule has 1 aliphatic heterocycles. The normalized spacial score (nSPS) is 15.2. The van der Waals surface area contributed by atoms with Crippen LogP contribution in [-0.4, -0.2) is 31.3 Å². The predicted octanol–water partition coefficient (Wildman–Crippen LogP) is 3.44. The Bertz CT molecular complexity index is 774. The number of hydrogen-bond donors (Lipinski definition) is 2. The summed E-state index contributed by atoms with van der Waals surface area (Å²) in [6.45, 7) is 4.48. The van der Waals surface area contributed by atoms with Crippen molar-refractivity contribution in [3.05, 3.63) is 47.2 Å². The van der Waals surface area contributed by atoms with Gasteiger partial charge in [-0.2, -0.15) is 13.2 Å². The third-order valence-corrected chi connectivity index (χ3v) is 4.48. The molecule has 0 unspecified atom stereocenters. The molecule has 140 valence electrons. The largest absolute Gasteiger partial charge is 0.416 e. The van der Waals surface area contributed by atoms with Crippen LogP contribution >= 0.6 is 0 Å². The molecule has 1 aromatic heterocycles. The van der Waals surface area contributed by atoms with E-state index in [1.807, 2.05) is 6.07 Å². The molecule has 3 rings (SSSR count). The third kappa shape index (κ3) is 4.01. The summed E-state index contributed by atoms with van der Waals surface area (Å²) in [6.07, 6.45) is -2.80. The summed E-state index contributed by atoms with van der Waals surface area (Å²) in [5.41, 5.74) is 7.25. The zero-order chi connectivity index (χ0) is 18.7. The molecule has 1 saturated heterocycles. The fraction of sp³-hybridized carbons (Fsp3) is 0.389. The van der Waals surface area contributed by atoms with Crippen LogP contribution in [-0.2, 0) is 17.5 Å². The maximum atomic E-state index is 13.1. The van der Waals surface area contributed by atoms with Gasteiger partial charge in [-0.3, -0.25) is 0 Å². The van der Waals surface area contributed by atoms with Crippen LogP contribution in [0.2, 0.25) is 0 Å². The van der Waals surface area contributed by atoms with Crippen LogP contribution in [0.1, 0.15) is 16.7 Å². The van der Waals surface area contributed by atoms with E-state index in [9.17, 15) is 13.2 Å². The van der Waals surface area contributed by atoms with Gasteiger partial charge in [0, 0.05) is 25.7 Å². The topological polar surface area (TPSA) is 63.4 Å². The third-order valence-electron chi connectivity index (χ3n) is 4.48. The molecule has 5 nitrogen and oxygen atoms in total. The van der Waals surface area contributed by atoms with E-state index in [1.165, 1.54) is 13.0 Å². The van der Waals surface area contributed by atoms with E-state index in [1.54, 1.807) is 12.3 Å². The fourth-order valence-corrected chi connectivity index (χ4v) is 2.95. The van der Waals surface area contributed by atoms with Crippen LogP contribution < -0.4 is 16.0 Å². The lowest BCUT2D eigenvalue weighted by atomic mass is 10.0. The Balaban J connectivity index is 1.77. The van der Waals surface area contributed by atoms with Gasteiger partial charge in [0.2, 0.25) is 0 Å². The van der Waals surface area contributed by atoms with Gasteiger partial charge in [-0.15, -0.1) is 0 Å². The fourth-order valence-electron chi connectivity index (χ4n) is 2.95. The second-order valence-corrected chi connectivity index (χ2v) is 6.17. The van der Waals surface area contributed by atoms with Crippen molar-refractivity contribution in [3.63, 3.8) is 0 Å². The van der Waals surface area contributed by atoms with Crippen molar-refractivity contribution < 1.29 is 17.9 Å². The summed E-state index contributed by atoms with van der Waals surface area (Å²) >= 11 is 0. The highest BCUT2D eigenvalue weighted by atomic mass is 19.4. The number of ether oxygens (including phenoxy) is 1. The first-order valence-corrected chi connectivity index (χ1v) is 8.34. The van der Waals surface area contributed by atoms with Gasteiger partial charge in [0.25, 0.3) is 0 Å². The Morgan fingerprint density at radius 1 is 1.27 bits per heavy atom. The molecule has 0 spiro atoms. The Labute approximate surface area is 150 Å². The summed E-state index contributed by atoms with van der Waals surface area (Å²) in [6, 6.07) is 6.01. The lowest BCUT2D eigenvalue weighted by Gasteiger charge is -2.28. The highest BCUT2D eigenvalue weighted by Crippen LogP contribution is 2.33. The van der Waals surface area contributed by atoms with E-state index in [0.717, 1.165) is 25.0 Å². The molecule has 0 bridgehead atoms. The van der Waals surface area contributed by atoms with Crippen molar-refractivity contribution in [1.82, 2.24) is 4.98 Å². The molecular formula is C18H21F3N4O. The van der Waals surface area contributed by atoms with Gasteiger partial charge in [-0.1, -0.05) is 12.1 Å². The quantitative estimate of drug-likeness (QED) is 0.868. The zero-order valence-corrected chi connectivity index (χ0v) is 14.4. The van der Waals surface area contributed by atoms with Crippen molar-refractivity contribution in [2.24, 2.45) is 0 Å². The Kier molecular flexibility index (Phi) is 5.22. The van der Waals surface area contributed by atoms with Crippen molar-refractivity contribution in [3.8, 4) is 0 Å². The van der Waals surface area contributed by atoms with Gasteiger partial charge in [0.05, 0.1) is 36.3 Å². The predicted molar refractivity (Wildman–Crippen MR) is 95.2 cm³/mol. The van der Waals surface area contributed by atoms with Crippen molar-refractivity contribution >= 4 is 17.2 Å². The number of nitrogens with one attached hydrogen (secondary N) is 1. The Morgan fingerprint density at radius 3 is 2.69 bits per heavy atom. The number of nitrogens with zero attached hydrogens (tertiary/aromatic N) is 2. The molecule has 8 heteroatoms. The number of morpholine rings is 1. The molecule has 0 aliphatic carbocycles. The van der Waals surface area contributed by atoms with Crippen molar-refractivity contribution in [2.45, 2.75) is 19.6 Å². The van der Waals surface area contributed by atoms with Crippen LogP contribution in [0.15, 0.2) is 30.5 Å². The highest BCUT2D eigenvalue weighted by molar-refractivity contribution is 5.69. The minimum absolute atomic E-state index is 0.216. The number of aromatic nitrogens is 1. The Hall–Kier alpha value is -2.48. The van der Waals surface area contributed by atoms with Gasteiger partial charge in [0.1, 0.15) is 5.82 Å². The van der Waals surface area contributed by atoms with Gasteiger partial charge >= 0.3 is 6.18 Å². The molecule has 0 saturated carbocycles. The molecule has 0 radical (unpaired) electrons. The second-order valence-electron chi connectivity index (χ2n) is 6.17. The number of anilines is 3. The van der Waals surface area contributed by atoms with E-state index in [-0.39, 0.29) is 12.1 Å². The Morgan fingerprint density at radius 2 is 2.00 bits per heavy atom. The molecule has 1 fully saturated rings. The van der Waals surface area contributed by atoms with Crippen molar-refractivity contribution in [2.75, 3.05) is 42.3 Å². The number of nitrogen functional groups attached to an aromatic ring is 1. The first-order chi connectivity index (χ1) is 12.4. The SMILES string of the molecule is Cc1c(CNc2cc(N3CCOCC3)ncc2N)cccc1C(F)(F)F. The number of hydrogen-bond acceptors (Lipinski definition) is 5. The monoisotopic (exact) mass is 366 g/mol. The molecule has 0 atom stereocenters. The first kappa shape index (κ1) is 18.3. The summed E-state index contributed by atoms with van der Waals surface area (Å²) in [4.78, 5) is 6.43. The molecular weight excluding hydrogens is 345 g/mol. The molecule has 1 aliphatic rings. The number of rotatable bonds is 4. The molecule has 0 amide bonds. The minimum atomic E-state index is -4.36.